The van der Waals surface area contributed by atoms with E-state index in [4.69, 9.17) is 5.11 Å². The monoisotopic (exact) mass is 276 g/mol. The predicted octanol–water partition coefficient (Wildman–Crippen LogP) is 2.46. The Morgan fingerprint density at radius 2 is 1.35 bits per heavy atom. The molecule has 106 valence electrons. The van der Waals surface area contributed by atoms with Gasteiger partial charge in [-0.2, -0.15) is 0 Å². The van der Waals surface area contributed by atoms with Gasteiger partial charge in [0.2, 0.25) is 0 Å². The van der Waals surface area contributed by atoms with Crippen LogP contribution in [0.5, 0.6) is 0 Å². The summed E-state index contributed by atoms with van der Waals surface area (Å²) >= 11 is 0. The second kappa shape index (κ2) is 5.86. The first-order chi connectivity index (χ1) is 9.50. The highest BCUT2D eigenvalue weighted by Gasteiger charge is 2.35. The quantitative estimate of drug-likeness (QED) is 0.824. The van der Waals surface area contributed by atoms with Crippen LogP contribution in [0.2, 0.25) is 0 Å². The molecule has 0 bridgehead atoms. The fourth-order valence-electron chi connectivity index (χ4n) is 2.73. The summed E-state index contributed by atoms with van der Waals surface area (Å²) in [5.41, 5.74) is 0.494. The SMILES string of the molecule is O=C(O)c1ccc(C(=O)[C@@H]2CCCC[C@H]2C(=O)O)cc1. The first-order valence-corrected chi connectivity index (χ1v) is 6.61. The van der Waals surface area contributed by atoms with Crippen LogP contribution in [0.25, 0.3) is 0 Å². The first kappa shape index (κ1) is 14.2. The lowest BCUT2D eigenvalue weighted by atomic mass is 9.75. The molecule has 0 saturated heterocycles. The molecule has 1 aliphatic rings. The van der Waals surface area contributed by atoms with Gasteiger partial charge < -0.3 is 10.2 Å². The van der Waals surface area contributed by atoms with E-state index < -0.39 is 23.8 Å². The van der Waals surface area contributed by atoms with Crippen molar-refractivity contribution >= 4 is 17.7 Å². The topological polar surface area (TPSA) is 91.7 Å². The lowest BCUT2D eigenvalue weighted by molar-refractivity contribution is -0.144. The molecule has 0 radical (unpaired) electrons. The molecule has 1 saturated carbocycles. The van der Waals surface area contributed by atoms with Gasteiger partial charge in [-0.25, -0.2) is 4.79 Å². The largest absolute Gasteiger partial charge is 0.481 e. The van der Waals surface area contributed by atoms with E-state index in [1.165, 1.54) is 24.3 Å². The first-order valence-electron chi connectivity index (χ1n) is 6.61. The normalized spacial score (nSPS) is 22.2. The smallest absolute Gasteiger partial charge is 0.335 e. The molecule has 0 unspecified atom stereocenters. The minimum absolute atomic E-state index is 0.111. The van der Waals surface area contributed by atoms with Crippen LogP contribution in [0.4, 0.5) is 0 Å². The number of carboxylic acid groups (broad SMARTS) is 2. The van der Waals surface area contributed by atoms with Crippen LogP contribution in [-0.4, -0.2) is 27.9 Å². The summed E-state index contributed by atoms with van der Waals surface area (Å²) in [6, 6.07) is 5.65. The molecular formula is C15H16O5. The molecule has 2 rings (SSSR count). The molecule has 2 N–H and O–H groups in total. The highest BCUT2D eigenvalue weighted by molar-refractivity contribution is 6.00. The number of hydrogen-bond donors (Lipinski definition) is 2. The van der Waals surface area contributed by atoms with Gasteiger partial charge in [-0.15, -0.1) is 0 Å². The Hall–Kier alpha value is -2.17. The van der Waals surface area contributed by atoms with Gasteiger partial charge in [0.1, 0.15) is 0 Å². The highest BCUT2D eigenvalue weighted by atomic mass is 16.4. The minimum Gasteiger partial charge on any atom is -0.481 e. The van der Waals surface area contributed by atoms with Crippen LogP contribution in [0.1, 0.15) is 46.4 Å². The fourth-order valence-corrected chi connectivity index (χ4v) is 2.73. The number of carbonyl (C=O) groups is 3. The fraction of sp³-hybridized carbons (Fsp3) is 0.400. The number of rotatable bonds is 4. The summed E-state index contributed by atoms with van der Waals surface area (Å²) in [4.78, 5) is 34.4. The van der Waals surface area contributed by atoms with Crippen molar-refractivity contribution in [2.45, 2.75) is 25.7 Å². The zero-order valence-electron chi connectivity index (χ0n) is 10.9. The van der Waals surface area contributed by atoms with Crippen molar-refractivity contribution in [1.82, 2.24) is 0 Å². The number of benzene rings is 1. The molecule has 1 aromatic carbocycles. The number of carboxylic acids is 2. The molecule has 0 spiro atoms. The molecule has 5 heteroatoms. The number of carbonyl (C=O) groups excluding carboxylic acids is 1. The zero-order chi connectivity index (χ0) is 14.7. The second-order valence-corrected chi connectivity index (χ2v) is 5.08. The van der Waals surface area contributed by atoms with Crippen molar-refractivity contribution in [3.63, 3.8) is 0 Å². The highest BCUT2D eigenvalue weighted by Crippen LogP contribution is 2.32. The van der Waals surface area contributed by atoms with E-state index in [1.807, 2.05) is 0 Å². The third-order valence-electron chi connectivity index (χ3n) is 3.84. The third kappa shape index (κ3) is 2.87. The van der Waals surface area contributed by atoms with E-state index in [9.17, 15) is 19.5 Å². The average Bonchev–Trinajstić information content (AvgIpc) is 2.46. The molecule has 2 atom stereocenters. The van der Waals surface area contributed by atoms with Gasteiger partial charge >= 0.3 is 11.9 Å². The lowest BCUT2D eigenvalue weighted by Gasteiger charge is -2.27. The average molecular weight is 276 g/mol. The Labute approximate surface area is 116 Å². The maximum atomic E-state index is 12.4. The number of aromatic carboxylic acids is 1. The summed E-state index contributed by atoms with van der Waals surface area (Å²) in [5, 5.41) is 18.0. The summed E-state index contributed by atoms with van der Waals surface area (Å²) < 4.78 is 0. The van der Waals surface area contributed by atoms with Crippen LogP contribution >= 0.6 is 0 Å². The maximum absolute atomic E-state index is 12.4. The molecule has 20 heavy (non-hydrogen) atoms. The molecule has 0 heterocycles. The lowest BCUT2D eigenvalue weighted by Crippen LogP contribution is -2.32. The van der Waals surface area contributed by atoms with Crippen LogP contribution in [-0.2, 0) is 4.79 Å². The van der Waals surface area contributed by atoms with Gasteiger partial charge in [0.15, 0.2) is 5.78 Å². The van der Waals surface area contributed by atoms with Crippen molar-refractivity contribution in [1.29, 1.82) is 0 Å². The van der Waals surface area contributed by atoms with Gasteiger partial charge in [0, 0.05) is 11.5 Å². The Kier molecular flexibility index (Phi) is 4.17. The van der Waals surface area contributed by atoms with E-state index in [2.05, 4.69) is 0 Å². The van der Waals surface area contributed by atoms with Gasteiger partial charge in [-0.1, -0.05) is 25.0 Å². The Bertz CT molecular complexity index is 532. The molecule has 1 aliphatic carbocycles. The number of aliphatic carboxylic acids is 1. The summed E-state index contributed by atoms with van der Waals surface area (Å²) in [6.07, 6.45) is 2.79. The van der Waals surface area contributed by atoms with E-state index in [0.717, 1.165) is 12.8 Å². The Morgan fingerprint density at radius 1 is 0.850 bits per heavy atom. The Morgan fingerprint density at radius 3 is 1.85 bits per heavy atom. The van der Waals surface area contributed by atoms with Crippen molar-refractivity contribution < 1.29 is 24.6 Å². The van der Waals surface area contributed by atoms with E-state index in [1.54, 1.807) is 0 Å². The third-order valence-corrected chi connectivity index (χ3v) is 3.84. The van der Waals surface area contributed by atoms with Crippen molar-refractivity contribution in [2.75, 3.05) is 0 Å². The minimum atomic E-state index is -1.05. The van der Waals surface area contributed by atoms with Crippen LogP contribution in [0.3, 0.4) is 0 Å². The number of Topliss-reactive ketones (excluding diaryl/α,β-unsaturated/α-hetero) is 1. The summed E-state index contributed by atoms with van der Waals surface area (Å²) in [5.74, 6) is -3.31. The molecule has 1 aromatic rings. The van der Waals surface area contributed by atoms with Crippen molar-refractivity contribution in [3.8, 4) is 0 Å². The van der Waals surface area contributed by atoms with Gasteiger partial charge in [0.05, 0.1) is 11.5 Å². The number of hydrogen-bond acceptors (Lipinski definition) is 3. The van der Waals surface area contributed by atoms with Crippen LogP contribution in [0.15, 0.2) is 24.3 Å². The zero-order valence-corrected chi connectivity index (χ0v) is 10.9. The molecule has 0 aromatic heterocycles. The van der Waals surface area contributed by atoms with E-state index >= 15 is 0 Å². The van der Waals surface area contributed by atoms with E-state index in [0.29, 0.717) is 18.4 Å². The van der Waals surface area contributed by atoms with Crippen molar-refractivity contribution in [3.05, 3.63) is 35.4 Å². The van der Waals surface area contributed by atoms with Crippen LogP contribution in [0, 0.1) is 11.8 Å². The maximum Gasteiger partial charge on any atom is 0.335 e. The number of ketones is 1. The van der Waals surface area contributed by atoms with Gasteiger partial charge in [-0.05, 0) is 25.0 Å². The second-order valence-electron chi connectivity index (χ2n) is 5.08. The Balaban J connectivity index is 2.20. The molecular weight excluding hydrogens is 260 g/mol. The molecule has 0 aliphatic heterocycles. The standard InChI is InChI=1S/C15H16O5/c16-13(9-5-7-10(8-6-9)14(17)18)11-3-1-2-4-12(11)15(19)20/h5-8,11-12H,1-4H2,(H,17,18)(H,19,20)/t11-,12-/m1/s1. The summed E-state index contributed by atoms with van der Waals surface area (Å²) in [6.45, 7) is 0. The molecule has 1 fully saturated rings. The molecule has 5 nitrogen and oxygen atoms in total. The summed E-state index contributed by atoms with van der Waals surface area (Å²) in [7, 11) is 0. The van der Waals surface area contributed by atoms with Gasteiger partial charge in [0.25, 0.3) is 0 Å². The van der Waals surface area contributed by atoms with Crippen LogP contribution < -0.4 is 0 Å². The molecule has 0 amide bonds. The van der Waals surface area contributed by atoms with E-state index in [-0.39, 0.29) is 11.3 Å². The van der Waals surface area contributed by atoms with Gasteiger partial charge in [-0.3, -0.25) is 9.59 Å². The van der Waals surface area contributed by atoms with Crippen molar-refractivity contribution in [2.24, 2.45) is 11.8 Å². The predicted molar refractivity (Wildman–Crippen MR) is 70.8 cm³/mol.